The lowest BCUT2D eigenvalue weighted by molar-refractivity contribution is -0.145. The van der Waals surface area contributed by atoms with Gasteiger partial charge in [0, 0.05) is 31.5 Å². The van der Waals surface area contributed by atoms with E-state index in [0.29, 0.717) is 25.8 Å². The molecule has 3 fully saturated rings. The number of amides is 5. The van der Waals surface area contributed by atoms with Gasteiger partial charge in [0.05, 0.1) is 6.04 Å². The molecule has 0 aromatic rings. The largest absolute Gasteiger partial charge is 0.346 e. The number of nitrogens with one attached hydrogen (secondary N) is 4. The van der Waals surface area contributed by atoms with E-state index < -0.39 is 47.2 Å². The van der Waals surface area contributed by atoms with Crippen molar-refractivity contribution in [3.8, 4) is 0 Å². The molecule has 264 valence electrons. The fourth-order valence-corrected chi connectivity index (χ4v) is 7.40. The van der Waals surface area contributed by atoms with Crippen LogP contribution in [0.15, 0.2) is 12.7 Å². The van der Waals surface area contributed by atoms with Crippen LogP contribution in [0.3, 0.4) is 0 Å². The molecule has 7 atom stereocenters. The zero-order valence-corrected chi connectivity index (χ0v) is 30.1. The summed E-state index contributed by atoms with van der Waals surface area (Å²) < 4.78 is 0. The van der Waals surface area contributed by atoms with Gasteiger partial charge in [-0.25, -0.2) is 4.79 Å². The van der Waals surface area contributed by atoms with Gasteiger partial charge in [0.15, 0.2) is 0 Å². The van der Waals surface area contributed by atoms with Crippen molar-refractivity contribution in [1.29, 1.82) is 0 Å². The van der Waals surface area contributed by atoms with E-state index in [-0.39, 0.29) is 59.3 Å². The van der Waals surface area contributed by atoms with Gasteiger partial charge in [0.25, 0.3) is 5.91 Å². The Morgan fingerprint density at radius 1 is 1.00 bits per heavy atom. The number of hydrogen-bond donors (Lipinski definition) is 4. The van der Waals surface area contributed by atoms with Crippen molar-refractivity contribution in [3.05, 3.63) is 12.7 Å². The number of fused-ring (bicyclic) bond motifs is 1. The quantitative estimate of drug-likeness (QED) is 0.174. The molecule has 0 bridgehead atoms. The van der Waals surface area contributed by atoms with Crippen molar-refractivity contribution in [3.63, 3.8) is 0 Å². The van der Waals surface area contributed by atoms with Gasteiger partial charge in [-0.3, -0.25) is 24.0 Å². The van der Waals surface area contributed by atoms with E-state index in [1.54, 1.807) is 4.90 Å². The highest BCUT2D eigenvalue weighted by Gasteiger charge is 2.70. The number of urea groups is 1. The number of piperidine rings is 1. The number of carbonyl (C=O) groups excluding carboxylic acids is 6. The van der Waals surface area contributed by atoms with Crippen molar-refractivity contribution in [2.45, 2.75) is 131 Å². The first-order chi connectivity index (χ1) is 21.7. The molecule has 11 nitrogen and oxygen atoms in total. The van der Waals surface area contributed by atoms with Gasteiger partial charge in [-0.05, 0) is 53.8 Å². The van der Waals surface area contributed by atoms with Crippen LogP contribution in [0.4, 0.5) is 4.79 Å². The molecular formula is C36H59N5O6. The van der Waals surface area contributed by atoms with Crippen LogP contribution in [0.2, 0.25) is 0 Å². The van der Waals surface area contributed by atoms with E-state index >= 15 is 0 Å². The van der Waals surface area contributed by atoms with Crippen LogP contribution in [0.5, 0.6) is 0 Å². The van der Waals surface area contributed by atoms with Gasteiger partial charge in [-0.15, -0.1) is 6.58 Å². The summed E-state index contributed by atoms with van der Waals surface area (Å²) in [6, 6.07) is -3.61. The number of carbonyl (C=O) groups is 6. The van der Waals surface area contributed by atoms with Crippen molar-refractivity contribution < 1.29 is 28.8 Å². The van der Waals surface area contributed by atoms with Gasteiger partial charge >= 0.3 is 6.03 Å². The first-order valence-electron chi connectivity index (χ1n) is 17.4. The van der Waals surface area contributed by atoms with E-state index in [1.807, 2.05) is 48.5 Å². The number of hydrogen-bond acceptors (Lipinski definition) is 6. The smallest absolute Gasteiger partial charge is 0.315 e. The molecule has 1 heterocycles. The molecule has 4 N–H and O–H groups in total. The summed E-state index contributed by atoms with van der Waals surface area (Å²) >= 11 is 0. The number of Topliss-reactive ketones (excluding diaryl/α,β-unsaturated/α-hetero) is 2. The summed E-state index contributed by atoms with van der Waals surface area (Å²) in [7, 11) is 0. The summed E-state index contributed by atoms with van der Waals surface area (Å²) in [6.45, 7) is 21.7. The fourth-order valence-electron chi connectivity index (χ4n) is 7.40. The summed E-state index contributed by atoms with van der Waals surface area (Å²) in [5.74, 6) is -2.25. The average Bonchev–Trinajstić information content (AvgIpc) is 3.28. The van der Waals surface area contributed by atoms with Crippen LogP contribution in [0, 0.1) is 34.0 Å². The lowest BCUT2D eigenvalue weighted by atomic mass is 9.76. The molecule has 0 radical (unpaired) electrons. The minimum Gasteiger partial charge on any atom is -0.346 e. The molecule has 3 rings (SSSR count). The molecular weight excluding hydrogens is 598 g/mol. The second kappa shape index (κ2) is 14.9. The van der Waals surface area contributed by atoms with Gasteiger partial charge in [-0.2, -0.15) is 0 Å². The standard InChI is InChI=1S/C36H59N5O6/c1-11-15-23(28(43)31(45)37-18-12-2)38-30(44)27-26-22(36(26,9)10)20-41(27)32(46)29(35(6,7)8)40-33(47)39-25(34(3,4)5)19-21-16-13-14-17-24(21)42/h12,21-23,25-27,29H,2,11,13-20H2,1,3-10H3,(H,37,45)(H,38,44)(H2,39,40,47)/t21?,22-,23?,25+,26-,27-,29+/m0/s1. The minimum atomic E-state index is -1.03. The Morgan fingerprint density at radius 2 is 1.66 bits per heavy atom. The Morgan fingerprint density at radius 3 is 2.21 bits per heavy atom. The molecule has 2 aliphatic carbocycles. The van der Waals surface area contributed by atoms with Crippen LogP contribution >= 0.6 is 0 Å². The SMILES string of the molecule is C=CCNC(=O)C(=O)C(CCC)NC(=O)[C@@H]1[C@@H]2[C@H](CN1C(=O)[C@@H](NC(=O)N[C@H](CC1CCCCC1=O)C(C)(C)C)C(C)(C)C)C2(C)C. The van der Waals surface area contributed by atoms with Gasteiger partial charge in [0.2, 0.25) is 17.6 Å². The van der Waals surface area contributed by atoms with Crippen LogP contribution in [0.25, 0.3) is 0 Å². The number of likely N-dealkylation sites (tertiary alicyclic amines) is 1. The number of rotatable bonds is 13. The Kier molecular flexibility index (Phi) is 12.1. The molecule has 2 unspecified atom stereocenters. The maximum absolute atomic E-state index is 14.4. The van der Waals surface area contributed by atoms with Gasteiger partial charge in [-0.1, -0.05) is 81.2 Å². The molecule has 0 aromatic heterocycles. The van der Waals surface area contributed by atoms with Crippen molar-refractivity contribution >= 4 is 35.3 Å². The first-order valence-corrected chi connectivity index (χ1v) is 17.4. The molecule has 1 saturated heterocycles. The van der Waals surface area contributed by atoms with Crippen molar-refractivity contribution in [1.82, 2.24) is 26.2 Å². The van der Waals surface area contributed by atoms with E-state index in [9.17, 15) is 28.8 Å². The normalized spacial score (nSPS) is 25.5. The predicted molar refractivity (Wildman–Crippen MR) is 181 cm³/mol. The zero-order valence-electron chi connectivity index (χ0n) is 30.1. The third-order valence-corrected chi connectivity index (χ3v) is 10.5. The van der Waals surface area contributed by atoms with Gasteiger partial charge in [0.1, 0.15) is 17.9 Å². The fraction of sp³-hybridized carbons (Fsp3) is 0.778. The molecule has 2 saturated carbocycles. The molecule has 0 spiro atoms. The van der Waals surface area contributed by atoms with E-state index in [1.165, 1.54) is 6.08 Å². The zero-order chi connectivity index (χ0) is 35.5. The maximum Gasteiger partial charge on any atom is 0.315 e. The first kappa shape index (κ1) is 38.2. The summed E-state index contributed by atoms with van der Waals surface area (Å²) in [4.78, 5) is 81.5. The number of nitrogens with zero attached hydrogens (tertiary/aromatic N) is 1. The second-order valence-electron chi connectivity index (χ2n) is 16.6. The van der Waals surface area contributed by atoms with E-state index in [2.05, 4.69) is 41.7 Å². The molecule has 0 aromatic carbocycles. The topological polar surface area (TPSA) is 154 Å². The van der Waals surface area contributed by atoms with Crippen molar-refractivity contribution in [2.75, 3.05) is 13.1 Å². The lowest BCUT2D eigenvalue weighted by Crippen LogP contribution is -2.62. The number of ketones is 2. The summed E-state index contributed by atoms with van der Waals surface area (Å²) in [5, 5.41) is 11.3. The highest BCUT2D eigenvalue weighted by molar-refractivity contribution is 6.38. The van der Waals surface area contributed by atoms with Crippen LogP contribution < -0.4 is 21.3 Å². The van der Waals surface area contributed by atoms with Crippen LogP contribution in [-0.2, 0) is 24.0 Å². The minimum absolute atomic E-state index is 0.0890. The summed E-state index contributed by atoms with van der Waals surface area (Å²) in [6.07, 6.45) is 6.15. The second-order valence-corrected chi connectivity index (χ2v) is 16.6. The Labute approximate surface area is 281 Å². The van der Waals surface area contributed by atoms with E-state index in [4.69, 9.17) is 0 Å². The highest BCUT2D eigenvalue weighted by atomic mass is 16.2. The Balaban J connectivity index is 1.81. The lowest BCUT2D eigenvalue weighted by Gasteiger charge is -2.39. The van der Waals surface area contributed by atoms with Crippen LogP contribution in [0.1, 0.15) is 107 Å². The Hall–Kier alpha value is -3.24. The average molecular weight is 658 g/mol. The molecule has 3 aliphatic rings. The van der Waals surface area contributed by atoms with Gasteiger partial charge < -0.3 is 26.2 Å². The Bertz CT molecular complexity index is 1230. The van der Waals surface area contributed by atoms with Crippen molar-refractivity contribution in [2.24, 2.45) is 34.0 Å². The molecule has 47 heavy (non-hydrogen) atoms. The third kappa shape index (κ3) is 9.02. The highest BCUT2D eigenvalue weighted by Crippen LogP contribution is 2.65. The molecule has 1 aliphatic heterocycles. The predicted octanol–water partition coefficient (Wildman–Crippen LogP) is 3.90. The van der Waals surface area contributed by atoms with Crippen LogP contribution in [-0.4, -0.2) is 77.5 Å². The molecule has 11 heteroatoms. The third-order valence-electron chi connectivity index (χ3n) is 10.5. The maximum atomic E-state index is 14.4. The van der Waals surface area contributed by atoms with E-state index in [0.717, 1.165) is 19.3 Å². The monoisotopic (exact) mass is 657 g/mol. The summed E-state index contributed by atoms with van der Waals surface area (Å²) in [5.41, 5.74) is -1.20. The molecule has 5 amide bonds.